The van der Waals surface area contributed by atoms with E-state index in [4.69, 9.17) is 5.73 Å². The van der Waals surface area contributed by atoms with Gasteiger partial charge in [-0.25, -0.2) is 0 Å². The third-order valence-electron chi connectivity index (χ3n) is 2.97. The van der Waals surface area contributed by atoms with Crippen LogP contribution in [0.3, 0.4) is 0 Å². The van der Waals surface area contributed by atoms with Gasteiger partial charge >= 0.3 is 0 Å². The highest BCUT2D eigenvalue weighted by atomic mass is 79.9. The molecule has 0 atom stereocenters. The zero-order valence-corrected chi connectivity index (χ0v) is 13.0. The highest BCUT2D eigenvalue weighted by Crippen LogP contribution is 2.11. The number of aromatic nitrogens is 1. The standard InChI is InChI=1S/C15H16BrN3O2/c16-13-3-1-9-19(15(13)21)10-2-4-14(20)18-12-7-5-11(17)6-8-12/h1,3,5-9H,2,4,10,17H2,(H,18,20). The minimum Gasteiger partial charge on any atom is -0.399 e. The van der Waals surface area contributed by atoms with Gasteiger partial charge in [0.25, 0.3) is 5.56 Å². The van der Waals surface area contributed by atoms with Gasteiger partial charge in [-0.2, -0.15) is 0 Å². The second-order valence-electron chi connectivity index (χ2n) is 4.63. The third kappa shape index (κ3) is 4.46. The van der Waals surface area contributed by atoms with E-state index in [0.717, 1.165) is 0 Å². The predicted octanol–water partition coefficient (Wildman–Crippen LogP) is 2.61. The summed E-state index contributed by atoms with van der Waals surface area (Å²) in [6.45, 7) is 0.507. The van der Waals surface area contributed by atoms with Crippen molar-refractivity contribution < 1.29 is 4.79 Å². The maximum absolute atomic E-state index is 11.8. The number of halogens is 1. The molecule has 0 aliphatic heterocycles. The molecule has 0 saturated carbocycles. The molecular formula is C15H16BrN3O2. The molecule has 5 nitrogen and oxygen atoms in total. The first kappa shape index (κ1) is 15.3. The quantitative estimate of drug-likeness (QED) is 0.814. The van der Waals surface area contributed by atoms with Crippen LogP contribution in [0.1, 0.15) is 12.8 Å². The van der Waals surface area contributed by atoms with E-state index in [-0.39, 0.29) is 11.5 Å². The Labute approximate surface area is 130 Å². The Bertz CT molecular complexity index is 680. The normalized spacial score (nSPS) is 10.3. The number of hydrogen-bond acceptors (Lipinski definition) is 3. The first-order chi connectivity index (χ1) is 10.1. The minimum absolute atomic E-state index is 0.0807. The van der Waals surface area contributed by atoms with Crippen LogP contribution < -0.4 is 16.6 Å². The molecule has 1 amide bonds. The van der Waals surface area contributed by atoms with Crippen LogP contribution in [0.15, 0.2) is 51.9 Å². The summed E-state index contributed by atoms with van der Waals surface area (Å²) in [5.74, 6) is -0.0807. The predicted molar refractivity (Wildman–Crippen MR) is 87.1 cm³/mol. The van der Waals surface area contributed by atoms with Crippen molar-refractivity contribution in [2.45, 2.75) is 19.4 Å². The fraction of sp³-hybridized carbons (Fsp3) is 0.200. The highest BCUT2D eigenvalue weighted by molar-refractivity contribution is 9.10. The summed E-state index contributed by atoms with van der Waals surface area (Å²) in [6.07, 6.45) is 2.66. The van der Waals surface area contributed by atoms with Crippen molar-refractivity contribution in [3.05, 3.63) is 57.4 Å². The minimum atomic E-state index is -0.0866. The van der Waals surface area contributed by atoms with E-state index < -0.39 is 0 Å². The lowest BCUT2D eigenvalue weighted by Crippen LogP contribution is -2.20. The number of nitrogen functional groups attached to an aromatic ring is 1. The number of aryl methyl sites for hydroxylation is 1. The van der Waals surface area contributed by atoms with Crippen molar-refractivity contribution in [1.29, 1.82) is 0 Å². The maximum Gasteiger partial charge on any atom is 0.264 e. The van der Waals surface area contributed by atoms with Crippen molar-refractivity contribution >= 4 is 33.2 Å². The molecule has 0 fully saturated rings. The molecule has 0 saturated heterocycles. The van der Waals surface area contributed by atoms with Crippen molar-refractivity contribution in [3.63, 3.8) is 0 Å². The number of carbonyl (C=O) groups is 1. The topological polar surface area (TPSA) is 77.1 Å². The number of pyridine rings is 1. The molecule has 21 heavy (non-hydrogen) atoms. The smallest absolute Gasteiger partial charge is 0.264 e. The number of nitrogens with one attached hydrogen (secondary N) is 1. The van der Waals surface area contributed by atoms with Gasteiger partial charge in [0.15, 0.2) is 0 Å². The number of hydrogen-bond donors (Lipinski definition) is 2. The largest absolute Gasteiger partial charge is 0.399 e. The van der Waals surface area contributed by atoms with E-state index in [1.54, 1.807) is 47.2 Å². The maximum atomic E-state index is 11.8. The average molecular weight is 350 g/mol. The molecule has 3 N–H and O–H groups in total. The Morgan fingerprint density at radius 2 is 1.95 bits per heavy atom. The molecule has 2 aromatic rings. The highest BCUT2D eigenvalue weighted by Gasteiger charge is 2.04. The van der Waals surface area contributed by atoms with Crippen LogP contribution >= 0.6 is 15.9 Å². The molecule has 1 aromatic heterocycles. The van der Waals surface area contributed by atoms with Crippen LogP contribution in [-0.4, -0.2) is 10.5 Å². The summed E-state index contributed by atoms with van der Waals surface area (Å²) in [5, 5.41) is 2.79. The van der Waals surface area contributed by atoms with Crippen LogP contribution in [0.4, 0.5) is 11.4 Å². The number of rotatable bonds is 5. The van der Waals surface area contributed by atoms with Crippen LogP contribution in [0.25, 0.3) is 0 Å². The Kier molecular flexibility index (Phi) is 5.16. The summed E-state index contributed by atoms with van der Waals surface area (Å²) in [4.78, 5) is 23.6. The van der Waals surface area contributed by atoms with Gasteiger partial charge in [-0.1, -0.05) is 0 Å². The van der Waals surface area contributed by atoms with Gasteiger partial charge in [0.1, 0.15) is 0 Å². The average Bonchev–Trinajstić information content (AvgIpc) is 2.46. The Morgan fingerprint density at radius 3 is 2.67 bits per heavy atom. The van der Waals surface area contributed by atoms with Crippen LogP contribution in [0.5, 0.6) is 0 Å². The molecule has 0 aliphatic rings. The molecule has 0 aliphatic carbocycles. The van der Waals surface area contributed by atoms with E-state index in [0.29, 0.717) is 35.2 Å². The lowest BCUT2D eigenvalue weighted by molar-refractivity contribution is -0.116. The lowest BCUT2D eigenvalue weighted by Gasteiger charge is -2.07. The number of amides is 1. The van der Waals surface area contributed by atoms with E-state index in [1.807, 2.05) is 0 Å². The summed E-state index contributed by atoms with van der Waals surface area (Å²) in [6, 6.07) is 10.5. The number of carbonyl (C=O) groups excluding carboxylic acids is 1. The van der Waals surface area contributed by atoms with Crippen LogP contribution in [-0.2, 0) is 11.3 Å². The van der Waals surface area contributed by atoms with Gasteiger partial charge in [-0.3, -0.25) is 9.59 Å². The molecule has 1 heterocycles. The van der Waals surface area contributed by atoms with Crippen molar-refractivity contribution in [1.82, 2.24) is 4.57 Å². The fourth-order valence-electron chi connectivity index (χ4n) is 1.88. The molecule has 6 heteroatoms. The van der Waals surface area contributed by atoms with E-state index in [1.165, 1.54) is 0 Å². The van der Waals surface area contributed by atoms with E-state index in [2.05, 4.69) is 21.2 Å². The number of nitrogens with two attached hydrogens (primary N) is 1. The summed E-state index contributed by atoms with van der Waals surface area (Å²) < 4.78 is 2.11. The lowest BCUT2D eigenvalue weighted by atomic mass is 10.2. The van der Waals surface area contributed by atoms with Crippen molar-refractivity contribution in [2.24, 2.45) is 0 Å². The molecule has 110 valence electrons. The van der Waals surface area contributed by atoms with Gasteiger partial charge < -0.3 is 15.6 Å². The van der Waals surface area contributed by atoms with E-state index in [9.17, 15) is 9.59 Å². The fourth-order valence-corrected chi connectivity index (χ4v) is 2.26. The summed E-state index contributed by atoms with van der Waals surface area (Å²) in [5.41, 5.74) is 6.86. The zero-order chi connectivity index (χ0) is 15.2. The molecule has 0 radical (unpaired) electrons. The molecule has 0 spiro atoms. The summed E-state index contributed by atoms with van der Waals surface area (Å²) >= 11 is 3.19. The second-order valence-corrected chi connectivity index (χ2v) is 5.48. The van der Waals surface area contributed by atoms with Crippen LogP contribution in [0, 0.1) is 0 Å². The summed E-state index contributed by atoms with van der Waals surface area (Å²) in [7, 11) is 0. The van der Waals surface area contributed by atoms with Gasteiger partial charge in [0, 0.05) is 30.5 Å². The zero-order valence-electron chi connectivity index (χ0n) is 11.4. The molecule has 2 rings (SSSR count). The monoisotopic (exact) mass is 349 g/mol. The Balaban J connectivity index is 1.83. The molecule has 0 unspecified atom stereocenters. The first-order valence-corrected chi connectivity index (χ1v) is 7.36. The van der Waals surface area contributed by atoms with Gasteiger partial charge in [-0.05, 0) is 58.7 Å². The number of benzene rings is 1. The Hall–Kier alpha value is -2.08. The number of nitrogens with zero attached hydrogens (tertiary/aromatic N) is 1. The van der Waals surface area contributed by atoms with Crippen molar-refractivity contribution in [2.75, 3.05) is 11.1 Å². The Morgan fingerprint density at radius 1 is 1.24 bits per heavy atom. The van der Waals surface area contributed by atoms with Gasteiger partial charge in [-0.15, -0.1) is 0 Å². The third-order valence-corrected chi connectivity index (χ3v) is 3.57. The SMILES string of the molecule is Nc1ccc(NC(=O)CCCn2cccc(Br)c2=O)cc1. The molecule has 0 bridgehead atoms. The second kappa shape index (κ2) is 7.08. The molecular weight excluding hydrogens is 334 g/mol. The molecule has 1 aromatic carbocycles. The van der Waals surface area contributed by atoms with Gasteiger partial charge in [0.05, 0.1) is 4.47 Å². The van der Waals surface area contributed by atoms with Crippen LogP contribution in [0.2, 0.25) is 0 Å². The van der Waals surface area contributed by atoms with Crippen molar-refractivity contribution in [3.8, 4) is 0 Å². The first-order valence-electron chi connectivity index (χ1n) is 6.56. The van der Waals surface area contributed by atoms with Gasteiger partial charge in [0.2, 0.25) is 5.91 Å². The number of anilines is 2. The van der Waals surface area contributed by atoms with E-state index >= 15 is 0 Å².